The number of rotatable bonds is 5. The van der Waals surface area contributed by atoms with E-state index in [0.29, 0.717) is 0 Å². The van der Waals surface area contributed by atoms with Gasteiger partial charge in [0.15, 0.2) is 6.20 Å². The van der Waals surface area contributed by atoms with Crippen LogP contribution in [0.4, 0.5) is 0 Å². The molecule has 0 radical (unpaired) electrons. The van der Waals surface area contributed by atoms with Crippen LogP contribution in [0.2, 0.25) is 0 Å². The molecule has 0 bridgehead atoms. The molecule has 2 unspecified atom stereocenters. The summed E-state index contributed by atoms with van der Waals surface area (Å²) in [6, 6.07) is 34.6. The molecule has 8 aromatic rings. The Labute approximate surface area is 292 Å². The van der Waals surface area contributed by atoms with E-state index in [1.807, 2.05) is 12.1 Å². The zero-order valence-electron chi connectivity index (χ0n) is 28.9. The van der Waals surface area contributed by atoms with Crippen molar-refractivity contribution in [3.63, 3.8) is 0 Å². The van der Waals surface area contributed by atoms with Crippen molar-refractivity contribution in [2.45, 2.75) is 32.7 Å². The Bertz CT molecular complexity index is 2700. The van der Waals surface area contributed by atoms with Crippen LogP contribution in [0.15, 0.2) is 139 Å². The molecule has 0 fully saturated rings. The number of furan rings is 1. The highest BCUT2D eigenvalue weighted by atomic mass is 16.3. The molecule has 0 aliphatic carbocycles. The number of benzene rings is 4. The Kier molecular flexibility index (Phi) is 6.86. The number of pyridine rings is 1. The third-order valence-electron chi connectivity index (χ3n) is 11.0. The van der Waals surface area contributed by atoms with Gasteiger partial charge in [-0.05, 0) is 74.5 Å². The molecule has 5 heterocycles. The highest BCUT2D eigenvalue weighted by Crippen LogP contribution is 2.45. The van der Waals surface area contributed by atoms with Gasteiger partial charge in [-0.3, -0.25) is 0 Å². The minimum absolute atomic E-state index is 0.0297. The van der Waals surface area contributed by atoms with Crippen LogP contribution in [0, 0.1) is 5.41 Å². The lowest BCUT2D eigenvalue weighted by Crippen LogP contribution is -2.50. The van der Waals surface area contributed by atoms with E-state index in [9.17, 15) is 0 Å². The van der Waals surface area contributed by atoms with Crippen molar-refractivity contribution in [1.29, 1.82) is 0 Å². The van der Waals surface area contributed by atoms with Gasteiger partial charge in [0.1, 0.15) is 17.2 Å². The normalized spacial score (nSPS) is 18.4. The van der Waals surface area contributed by atoms with Crippen LogP contribution >= 0.6 is 0 Å². The lowest BCUT2D eigenvalue weighted by molar-refractivity contribution is -0.574. The summed E-state index contributed by atoms with van der Waals surface area (Å²) < 4.78 is 11.2. The van der Waals surface area contributed by atoms with E-state index >= 15 is 0 Å². The first-order valence-corrected chi connectivity index (χ1v) is 17.5. The fourth-order valence-corrected chi connectivity index (χ4v) is 8.88. The van der Waals surface area contributed by atoms with Gasteiger partial charge < -0.3 is 13.7 Å². The summed E-state index contributed by atoms with van der Waals surface area (Å²) in [6.07, 6.45) is 15.2. The second kappa shape index (κ2) is 11.3. The largest absolute Gasteiger partial charge is 0.456 e. The zero-order chi connectivity index (χ0) is 34.1. The van der Waals surface area contributed by atoms with Crippen LogP contribution < -0.4 is 4.57 Å². The number of hydrogen-bond acceptors (Lipinski definition) is 2. The van der Waals surface area contributed by atoms with Gasteiger partial charge in [-0.2, -0.15) is 4.57 Å². The van der Waals surface area contributed by atoms with Gasteiger partial charge in [0.25, 0.3) is 0 Å². The highest BCUT2D eigenvalue weighted by molar-refractivity contribution is 6.27. The monoisotopic (exact) mass is 650 g/mol. The first-order chi connectivity index (χ1) is 24.4. The van der Waals surface area contributed by atoms with E-state index < -0.39 is 0 Å². The summed E-state index contributed by atoms with van der Waals surface area (Å²) >= 11 is 0. The molecule has 9 rings (SSSR count). The number of likely N-dealkylation sites (N-methyl/N-ethyl adjacent to an activating group) is 1. The Balaban J connectivity index is 1.32. The summed E-state index contributed by atoms with van der Waals surface area (Å²) in [4.78, 5) is 2.34. The van der Waals surface area contributed by atoms with Gasteiger partial charge in [0.2, 0.25) is 11.4 Å². The first-order valence-electron chi connectivity index (χ1n) is 17.5. The van der Waals surface area contributed by atoms with Crippen molar-refractivity contribution >= 4 is 67.0 Å². The molecule has 4 aromatic carbocycles. The highest BCUT2D eigenvalue weighted by Gasteiger charge is 2.42. The van der Waals surface area contributed by atoms with Crippen LogP contribution in [0.5, 0.6) is 0 Å². The lowest BCUT2D eigenvalue weighted by Gasteiger charge is -2.39. The van der Waals surface area contributed by atoms with Gasteiger partial charge in [-0.25, -0.2) is 0 Å². The molecular weight excluding hydrogens is 611 g/mol. The fourth-order valence-electron chi connectivity index (χ4n) is 8.88. The lowest BCUT2D eigenvalue weighted by atomic mass is 9.75. The molecule has 4 heteroatoms. The molecule has 0 N–H and O–H groups in total. The third-order valence-corrected chi connectivity index (χ3v) is 11.0. The Hall–Kier alpha value is -5.87. The molecule has 1 aliphatic rings. The summed E-state index contributed by atoms with van der Waals surface area (Å²) in [7, 11) is 2.18. The summed E-state index contributed by atoms with van der Waals surface area (Å²) in [5.41, 5.74) is 11.0. The number of nitrogens with zero attached hydrogens (tertiary/aromatic N) is 3. The Morgan fingerprint density at radius 3 is 2.48 bits per heavy atom. The molecule has 4 nitrogen and oxygen atoms in total. The second-order valence-corrected chi connectivity index (χ2v) is 14.0. The SMILES string of the molecule is C=Cc1c(/C=C/C2(C)CCc3ccccc3-c3cccc[n+]3C(=C)C2N(C)/C=C\C)n2c3c1cccc3c1ccc3oc4ccccc4c3c12. The minimum atomic E-state index is -0.309. The number of aryl methyl sites for hydroxylation is 1. The van der Waals surface area contributed by atoms with Gasteiger partial charge in [0, 0.05) is 57.3 Å². The minimum Gasteiger partial charge on any atom is -0.456 e. The van der Waals surface area contributed by atoms with Crippen molar-refractivity contribution in [2.24, 2.45) is 5.41 Å². The van der Waals surface area contributed by atoms with E-state index in [1.54, 1.807) is 0 Å². The molecular formula is C46H40N3O+. The van der Waals surface area contributed by atoms with E-state index in [2.05, 4.69) is 163 Å². The molecule has 0 saturated carbocycles. The van der Waals surface area contributed by atoms with Crippen LogP contribution in [0.3, 0.4) is 0 Å². The van der Waals surface area contributed by atoms with Crippen molar-refractivity contribution in [3.05, 3.63) is 152 Å². The van der Waals surface area contributed by atoms with Crippen LogP contribution in [0.25, 0.3) is 78.2 Å². The number of para-hydroxylation sites is 2. The Morgan fingerprint density at radius 1 is 0.860 bits per heavy atom. The maximum atomic E-state index is 6.41. The van der Waals surface area contributed by atoms with Crippen molar-refractivity contribution < 1.29 is 8.98 Å². The predicted octanol–water partition coefficient (Wildman–Crippen LogP) is 11.2. The Morgan fingerprint density at radius 2 is 1.62 bits per heavy atom. The summed E-state index contributed by atoms with van der Waals surface area (Å²) in [5, 5.41) is 5.95. The average molecular weight is 651 g/mol. The van der Waals surface area contributed by atoms with Gasteiger partial charge in [-0.15, -0.1) is 0 Å². The molecule has 50 heavy (non-hydrogen) atoms. The summed E-state index contributed by atoms with van der Waals surface area (Å²) in [5.74, 6) is 0. The molecule has 0 amide bonds. The molecule has 0 spiro atoms. The molecule has 2 atom stereocenters. The number of aromatic nitrogens is 2. The van der Waals surface area contributed by atoms with Gasteiger partial charge in [-0.1, -0.05) is 86.3 Å². The predicted molar refractivity (Wildman–Crippen MR) is 210 cm³/mol. The number of hydrogen-bond donors (Lipinski definition) is 0. The van der Waals surface area contributed by atoms with Crippen LogP contribution in [-0.4, -0.2) is 22.4 Å². The van der Waals surface area contributed by atoms with Crippen LogP contribution in [-0.2, 0) is 6.42 Å². The van der Waals surface area contributed by atoms with E-state index in [1.165, 1.54) is 44.0 Å². The topological polar surface area (TPSA) is 24.7 Å². The maximum absolute atomic E-state index is 6.41. The number of allylic oxidation sites excluding steroid dienone is 1. The van der Waals surface area contributed by atoms with E-state index in [4.69, 9.17) is 11.0 Å². The van der Waals surface area contributed by atoms with Crippen LogP contribution in [0.1, 0.15) is 37.1 Å². The molecule has 244 valence electrons. The second-order valence-electron chi connectivity index (χ2n) is 14.0. The van der Waals surface area contributed by atoms with E-state index in [0.717, 1.165) is 51.7 Å². The average Bonchev–Trinajstić information content (AvgIpc) is 3.80. The first kappa shape index (κ1) is 30.2. The standard InChI is InChI=1S/C46H40N3O/c1-6-28-47(5)45-30(3)48-29-13-12-20-38(48)33-16-9-8-15-31(33)24-26-46(45,4)27-25-39-32(7-2)34-18-14-19-35-36-22-23-41-42(44(36)49(39)43(34)35)37-17-10-11-21-40(37)50-41/h6-23,25,27-29,45H,2-3,24,26H2,1,4-5H3/q+1/b27-25+,28-6-. The fraction of sp³-hybridized carbons (Fsp3) is 0.152. The van der Waals surface area contributed by atoms with Crippen molar-refractivity contribution in [2.75, 3.05) is 7.05 Å². The number of fused-ring (bicyclic) bond motifs is 10. The molecule has 0 saturated heterocycles. The zero-order valence-corrected chi connectivity index (χ0v) is 28.9. The molecule has 1 aliphatic heterocycles. The van der Waals surface area contributed by atoms with E-state index in [-0.39, 0.29) is 11.5 Å². The quantitative estimate of drug-likeness (QED) is 0.173. The maximum Gasteiger partial charge on any atom is 0.218 e. The van der Waals surface area contributed by atoms with Crippen molar-refractivity contribution in [3.8, 4) is 11.3 Å². The third kappa shape index (κ3) is 4.27. The smallest absolute Gasteiger partial charge is 0.218 e. The molecule has 4 aromatic heterocycles. The van der Waals surface area contributed by atoms with Gasteiger partial charge >= 0.3 is 0 Å². The summed E-state index contributed by atoms with van der Waals surface area (Å²) in [6.45, 7) is 13.7. The van der Waals surface area contributed by atoms with Crippen molar-refractivity contribution in [1.82, 2.24) is 9.30 Å². The van der Waals surface area contributed by atoms with Gasteiger partial charge in [0.05, 0.1) is 22.1 Å².